The van der Waals surface area contributed by atoms with Gasteiger partial charge in [0.1, 0.15) is 0 Å². The molecule has 0 aliphatic carbocycles. The van der Waals surface area contributed by atoms with Crippen molar-refractivity contribution < 1.29 is 17.9 Å². The first-order valence-corrected chi connectivity index (χ1v) is 12.8. The van der Waals surface area contributed by atoms with Gasteiger partial charge in [-0.2, -0.15) is 13.2 Å². The molecule has 1 aromatic carbocycles. The molecule has 2 fully saturated rings. The van der Waals surface area contributed by atoms with Gasteiger partial charge in [-0.1, -0.05) is 26.0 Å². The number of piperidine rings is 1. The van der Waals surface area contributed by atoms with E-state index < -0.39 is 11.7 Å². The fourth-order valence-electron chi connectivity index (χ4n) is 5.81. The second kappa shape index (κ2) is 10.0. The average Bonchev–Trinajstić information content (AvgIpc) is 3.15. The van der Waals surface area contributed by atoms with E-state index in [1.165, 1.54) is 12.5 Å². The topological polar surface area (TPSA) is 45.9 Å². The maximum absolute atomic E-state index is 13.6. The van der Waals surface area contributed by atoms with Gasteiger partial charge in [0.05, 0.1) is 42.0 Å². The Morgan fingerprint density at radius 1 is 1.08 bits per heavy atom. The fraction of sp³-hybridized carbons (Fsp3) is 0.556. The summed E-state index contributed by atoms with van der Waals surface area (Å²) in [7, 11) is 0. The van der Waals surface area contributed by atoms with E-state index in [9.17, 15) is 13.2 Å². The van der Waals surface area contributed by atoms with E-state index >= 15 is 0 Å². The van der Waals surface area contributed by atoms with Crippen LogP contribution in [0.3, 0.4) is 0 Å². The maximum atomic E-state index is 13.6. The molecule has 6 nitrogen and oxygen atoms in total. The van der Waals surface area contributed by atoms with Gasteiger partial charge in [0, 0.05) is 45.3 Å². The summed E-state index contributed by atoms with van der Waals surface area (Å²) in [6.45, 7) is 11.6. The molecule has 0 radical (unpaired) electrons. The minimum absolute atomic E-state index is 0.267. The molecule has 0 bridgehead atoms. The Kier molecular flexibility index (Phi) is 6.96. The van der Waals surface area contributed by atoms with Crippen molar-refractivity contribution in [2.45, 2.75) is 46.3 Å². The van der Waals surface area contributed by atoms with E-state index in [1.54, 1.807) is 13.0 Å². The summed E-state index contributed by atoms with van der Waals surface area (Å²) < 4.78 is 48.4. The number of alkyl halides is 3. The zero-order valence-corrected chi connectivity index (χ0v) is 21.2. The number of benzene rings is 1. The third-order valence-electron chi connectivity index (χ3n) is 7.45. The number of halogens is 3. The second-order valence-electron chi connectivity index (χ2n) is 10.5. The molecule has 36 heavy (non-hydrogen) atoms. The molecule has 2 aromatic heterocycles. The van der Waals surface area contributed by atoms with Crippen LogP contribution < -0.4 is 4.90 Å². The number of nitrogens with zero attached hydrogens (tertiary/aromatic N) is 5. The largest absolute Gasteiger partial charge is 0.416 e. The third kappa shape index (κ3) is 5.22. The Hall–Kier alpha value is -2.65. The standard InChI is InChI=1S/C27H34F3N5O/c1-18-11-19(2)15-33(14-18)17-24-25(12-21-5-4-6-23(20(21)3)27(28,29)30)35-16-22(13-31-26(35)32-24)34-7-9-36-10-8-34/h4-6,13,16,18-19H,7-12,14-15,17H2,1-3H3/t18-,19+. The predicted molar refractivity (Wildman–Crippen MR) is 133 cm³/mol. The van der Waals surface area contributed by atoms with E-state index in [0.29, 0.717) is 49.4 Å². The average molecular weight is 502 g/mol. The molecule has 2 aliphatic heterocycles. The highest BCUT2D eigenvalue weighted by molar-refractivity contribution is 5.50. The van der Waals surface area contributed by atoms with Gasteiger partial charge in [0.15, 0.2) is 0 Å². The number of morpholine rings is 1. The van der Waals surface area contributed by atoms with Crippen molar-refractivity contribution in [2.24, 2.45) is 11.8 Å². The molecular formula is C27H34F3N5O. The molecule has 0 N–H and O–H groups in total. The van der Waals surface area contributed by atoms with Crippen LogP contribution in [0.25, 0.3) is 5.78 Å². The number of rotatable bonds is 5. The van der Waals surface area contributed by atoms with Gasteiger partial charge in [0.2, 0.25) is 5.78 Å². The number of hydrogen-bond donors (Lipinski definition) is 0. The quantitative estimate of drug-likeness (QED) is 0.495. The smallest absolute Gasteiger partial charge is 0.378 e. The van der Waals surface area contributed by atoms with Gasteiger partial charge in [-0.15, -0.1) is 0 Å². The Morgan fingerprint density at radius 3 is 2.50 bits per heavy atom. The second-order valence-corrected chi connectivity index (χ2v) is 10.5. The number of anilines is 1. The third-order valence-corrected chi connectivity index (χ3v) is 7.45. The van der Waals surface area contributed by atoms with Crippen molar-refractivity contribution in [1.82, 2.24) is 19.3 Å². The Morgan fingerprint density at radius 2 is 1.81 bits per heavy atom. The van der Waals surface area contributed by atoms with Crippen molar-refractivity contribution in [3.63, 3.8) is 0 Å². The molecule has 2 saturated heterocycles. The zero-order valence-electron chi connectivity index (χ0n) is 21.2. The lowest BCUT2D eigenvalue weighted by Gasteiger charge is -2.34. The van der Waals surface area contributed by atoms with Crippen LogP contribution in [0, 0.1) is 18.8 Å². The molecule has 0 unspecified atom stereocenters. The molecule has 3 aromatic rings. The van der Waals surface area contributed by atoms with Crippen LogP contribution in [-0.2, 0) is 23.9 Å². The molecule has 0 amide bonds. The number of hydrogen-bond acceptors (Lipinski definition) is 5. The Labute approximate surface area is 210 Å². The summed E-state index contributed by atoms with van der Waals surface area (Å²) in [6.07, 6.45) is 1.06. The lowest BCUT2D eigenvalue weighted by molar-refractivity contribution is -0.138. The maximum Gasteiger partial charge on any atom is 0.416 e. The van der Waals surface area contributed by atoms with Crippen LogP contribution in [0.5, 0.6) is 0 Å². The molecule has 9 heteroatoms. The number of likely N-dealkylation sites (tertiary alicyclic amines) is 1. The van der Waals surface area contributed by atoms with Crippen LogP contribution in [0.2, 0.25) is 0 Å². The summed E-state index contributed by atoms with van der Waals surface area (Å²) in [5.74, 6) is 1.79. The van der Waals surface area contributed by atoms with Crippen LogP contribution in [0.1, 0.15) is 48.3 Å². The van der Waals surface area contributed by atoms with Crippen LogP contribution in [-0.4, -0.2) is 58.7 Å². The number of aromatic nitrogens is 3. The SMILES string of the molecule is Cc1c(Cc2c(CN3C[C@H](C)C[C@H](C)C3)nc3ncc(N4CCOCC4)cn23)cccc1C(F)(F)F. The van der Waals surface area contributed by atoms with E-state index in [2.05, 4.69) is 28.6 Å². The predicted octanol–water partition coefficient (Wildman–Crippen LogP) is 4.96. The first-order valence-electron chi connectivity index (χ1n) is 12.8. The van der Waals surface area contributed by atoms with Crippen molar-refractivity contribution in [3.05, 3.63) is 58.7 Å². The van der Waals surface area contributed by atoms with Crippen molar-refractivity contribution in [3.8, 4) is 0 Å². The van der Waals surface area contributed by atoms with Crippen molar-refractivity contribution in [1.29, 1.82) is 0 Å². The van der Waals surface area contributed by atoms with Gasteiger partial charge in [0.25, 0.3) is 0 Å². The van der Waals surface area contributed by atoms with E-state index in [1.807, 2.05) is 16.8 Å². The fourth-order valence-corrected chi connectivity index (χ4v) is 5.81. The van der Waals surface area contributed by atoms with Gasteiger partial charge >= 0.3 is 6.18 Å². The summed E-state index contributed by atoms with van der Waals surface area (Å²) in [4.78, 5) is 14.2. The highest BCUT2D eigenvalue weighted by Gasteiger charge is 2.33. The molecule has 2 atom stereocenters. The van der Waals surface area contributed by atoms with E-state index in [-0.39, 0.29) is 5.56 Å². The molecule has 5 rings (SSSR count). The van der Waals surface area contributed by atoms with Gasteiger partial charge in [-0.25, -0.2) is 9.97 Å². The molecular weight excluding hydrogens is 467 g/mol. The Bertz CT molecular complexity index is 1210. The summed E-state index contributed by atoms with van der Waals surface area (Å²) in [6, 6.07) is 4.44. The molecule has 194 valence electrons. The monoisotopic (exact) mass is 501 g/mol. The number of fused-ring (bicyclic) bond motifs is 1. The lowest BCUT2D eigenvalue weighted by Crippen LogP contribution is -2.38. The summed E-state index contributed by atoms with van der Waals surface area (Å²) >= 11 is 0. The van der Waals surface area contributed by atoms with Crippen LogP contribution >= 0.6 is 0 Å². The first kappa shape index (κ1) is 25.0. The van der Waals surface area contributed by atoms with Gasteiger partial charge in [-0.3, -0.25) is 9.30 Å². The summed E-state index contributed by atoms with van der Waals surface area (Å²) in [5, 5.41) is 0. The highest BCUT2D eigenvalue weighted by Crippen LogP contribution is 2.34. The normalized spacial score (nSPS) is 21.9. The number of imidazole rings is 1. The minimum atomic E-state index is -4.38. The van der Waals surface area contributed by atoms with Gasteiger partial charge in [-0.05, 0) is 42.4 Å². The minimum Gasteiger partial charge on any atom is -0.378 e. The lowest BCUT2D eigenvalue weighted by atomic mass is 9.91. The summed E-state index contributed by atoms with van der Waals surface area (Å²) in [5.41, 5.74) is 3.10. The zero-order chi connectivity index (χ0) is 25.4. The highest BCUT2D eigenvalue weighted by atomic mass is 19.4. The van der Waals surface area contributed by atoms with Crippen molar-refractivity contribution in [2.75, 3.05) is 44.3 Å². The van der Waals surface area contributed by atoms with E-state index in [0.717, 1.165) is 49.3 Å². The Balaban J connectivity index is 1.56. The molecule has 0 saturated carbocycles. The van der Waals surface area contributed by atoms with Crippen LogP contribution in [0.4, 0.5) is 18.9 Å². The van der Waals surface area contributed by atoms with Crippen LogP contribution in [0.15, 0.2) is 30.6 Å². The first-order chi connectivity index (χ1) is 17.2. The molecule has 0 spiro atoms. The van der Waals surface area contributed by atoms with Gasteiger partial charge < -0.3 is 9.64 Å². The van der Waals surface area contributed by atoms with Crippen molar-refractivity contribution >= 4 is 11.5 Å². The number of ether oxygens (including phenoxy) is 1. The molecule has 2 aliphatic rings. The molecule has 4 heterocycles. The van der Waals surface area contributed by atoms with E-state index in [4.69, 9.17) is 9.72 Å².